The van der Waals surface area contributed by atoms with E-state index in [-0.39, 0.29) is 0 Å². The maximum absolute atomic E-state index is 4.30. The lowest BCUT2D eigenvalue weighted by molar-refractivity contribution is 0.280. The molecule has 0 radical (unpaired) electrons. The van der Waals surface area contributed by atoms with Crippen LogP contribution in [0, 0.1) is 17.3 Å². The van der Waals surface area contributed by atoms with E-state index >= 15 is 0 Å². The summed E-state index contributed by atoms with van der Waals surface area (Å²) in [7, 11) is 0. The van der Waals surface area contributed by atoms with Crippen molar-refractivity contribution in [3.63, 3.8) is 0 Å². The maximum atomic E-state index is 4.30. The highest BCUT2D eigenvalue weighted by molar-refractivity contribution is 5.06. The highest BCUT2D eigenvalue weighted by atomic mass is 15.1. The van der Waals surface area contributed by atoms with Crippen LogP contribution in [-0.2, 0) is 0 Å². The summed E-state index contributed by atoms with van der Waals surface area (Å²) in [5.41, 5.74) is 3.35. The van der Waals surface area contributed by atoms with Crippen LogP contribution < -0.4 is 0 Å². The molecule has 2 unspecified atom stereocenters. The van der Waals surface area contributed by atoms with Crippen molar-refractivity contribution in [2.75, 3.05) is 13.1 Å². The maximum Gasteiger partial charge on any atom is 0.0208 e. The summed E-state index contributed by atoms with van der Waals surface area (Å²) in [4.78, 5) is 2.54. The topological polar surface area (TPSA) is 3.24 Å². The Morgan fingerprint density at radius 2 is 2.05 bits per heavy atom. The van der Waals surface area contributed by atoms with Crippen LogP contribution in [0.4, 0.5) is 0 Å². The van der Waals surface area contributed by atoms with Gasteiger partial charge in [-0.3, -0.25) is 0 Å². The second-order valence-corrected chi connectivity index (χ2v) is 7.47. The van der Waals surface area contributed by atoms with Crippen molar-refractivity contribution in [2.45, 2.75) is 67.2 Å². The van der Waals surface area contributed by atoms with Crippen molar-refractivity contribution in [3.8, 4) is 0 Å². The molecule has 0 saturated heterocycles. The molecule has 0 N–H and O–H groups in total. The standard InChI is InChI=1S/C19H35N/c1-8-12-20(17(6)16(4)5)14-18-13-19(18,7)11-9-10-15(2)3/h10,16,18H,6,8-9,11-14H2,1-5,7H3. The van der Waals surface area contributed by atoms with Gasteiger partial charge >= 0.3 is 0 Å². The van der Waals surface area contributed by atoms with Gasteiger partial charge < -0.3 is 4.90 Å². The van der Waals surface area contributed by atoms with E-state index in [0.717, 1.165) is 12.5 Å². The second-order valence-electron chi connectivity index (χ2n) is 7.47. The Labute approximate surface area is 127 Å². The van der Waals surface area contributed by atoms with E-state index in [4.69, 9.17) is 0 Å². The number of rotatable bonds is 9. The Morgan fingerprint density at radius 3 is 2.55 bits per heavy atom. The Kier molecular flexibility index (Phi) is 6.36. The average molecular weight is 277 g/mol. The van der Waals surface area contributed by atoms with Crippen molar-refractivity contribution in [2.24, 2.45) is 17.3 Å². The first-order valence-electron chi connectivity index (χ1n) is 8.37. The fourth-order valence-electron chi connectivity index (χ4n) is 3.04. The molecule has 1 aliphatic rings. The first-order valence-corrected chi connectivity index (χ1v) is 8.37. The van der Waals surface area contributed by atoms with Gasteiger partial charge in [-0.15, -0.1) is 0 Å². The van der Waals surface area contributed by atoms with E-state index in [1.54, 1.807) is 0 Å². The van der Waals surface area contributed by atoms with E-state index in [1.165, 1.54) is 43.5 Å². The Balaban J connectivity index is 2.47. The van der Waals surface area contributed by atoms with Gasteiger partial charge in [-0.2, -0.15) is 0 Å². The third-order valence-electron chi connectivity index (χ3n) is 4.81. The lowest BCUT2D eigenvalue weighted by atomic mass is 9.98. The number of allylic oxidation sites excluding steroid dienone is 3. The summed E-state index contributed by atoms with van der Waals surface area (Å²) in [6, 6.07) is 0. The fraction of sp³-hybridized carbons (Fsp3) is 0.789. The van der Waals surface area contributed by atoms with E-state index in [1.807, 2.05) is 0 Å². The Hall–Kier alpha value is -0.720. The Morgan fingerprint density at radius 1 is 1.40 bits per heavy atom. The van der Waals surface area contributed by atoms with E-state index in [2.05, 4.69) is 59.1 Å². The summed E-state index contributed by atoms with van der Waals surface area (Å²) in [6.07, 6.45) is 7.59. The molecule has 1 aliphatic carbocycles. The minimum atomic E-state index is 0.567. The van der Waals surface area contributed by atoms with Gasteiger partial charge in [0, 0.05) is 18.8 Å². The summed E-state index contributed by atoms with van der Waals surface area (Å²) in [5.74, 6) is 1.44. The lowest BCUT2D eigenvalue weighted by Crippen LogP contribution is -2.29. The van der Waals surface area contributed by atoms with E-state index < -0.39 is 0 Å². The van der Waals surface area contributed by atoms with Crippen LogP contribution >= 0.6 is 0 Å². The monoisotopic (exact) mass is 277 g/mol. The van der Waals surface area contributed by atoms with Gasteiger partial charge in [0.15, 0.2) is 0 Å². The van der Waals surface area contributed by atoms with Gasteiger partial charge in [0.1, 0.15) is 0 Å². The number of nitrogens with zero attached hydrogens (tertiary/aromatic N) is 1. The van der Waals surface area contributed by atoms with Crippen LogP contribution in [0.3, 0.4) is 0 Å². The smallest absolute Gasteiger partial charge is 0.0208 e. The van der Waals surface area contributed by atoms with Crippen LogP contribution in [0.1, 0.15) is 67.2 Å². The zero-order chi connectivity index (χ0) is 15.3. The predicted octanol–water partition coefficient (Wildman–Crippen LogP) is 5.64. The highest BCUT2D eigenvalue weighted by Crippen LogP contribution is 2.56. The van der Waals surface area contributed by atoms with Crippen molar-refractivity contribution in [3.05, 3.63) is 23.9 Å². The predicted molar refractivity (Wildman–Crippen MR) is 90.7 cm³/mol. The molecule has 116 valence electrons. The molecule has 0 aromatic heterocycles. The molecule has 0 bridgehead atoms. The molecule has 1 heteroatoms. The zero-order valence-electron chi connectivity index (χ0n) is 14.6. The van der Waals surface area contributed by atoms with Gasteiger partial charge in [0.2, 0.25) is 0 Å². The minimum absolute atomic E-state index is 0.567. The first-order chi connectivity index (χ1) is 9.30. The molecule has 1 rings (SSSR count). The molecule has 2 atom stereocenters. The van der Waals surface area contributed by atoms with Crippen molar-refractivity contribution < 1.29 is 0 Å². The summed E-state index contributed by atoms with van der Waals surface area (Å²) in [6.45, 7) is 20.3. The van der Waals surface area contributed by atoms with Gasteiger partial charge in [-0.25, -0.2) is 0 Å². The lowest BCUT2D eigenvalue weighted by Gasteiger charge is -2.29. The van der Waals surface area contributed by atoms with Crippen LogP contribution in [0.2, 0.25) is 0 Å². The molecular formula is C19H35N. The minimum Gasteiger partial charge on any atom is -0.375 e. The molecular weight excluding hydrogens is 242 g/mol. The molecule has 0 heterocycles. The number of hydrogen-bond acceptors (Lipinski definition) is 1. The summed E-state index contributed by atoms with van der Waals surface area (Å²) < 4.78 is 0. The molecule has 1 saturated carbocycles. The molecule has 0 amide bonds. The van der Waals surface area contributed by atoms with Crippen molar-refractivity contribution in [1.82, 2.24) is 4.90 Å². The largest absolute Gasteiger partial charge is 0.375 e. The summed E-state index contributed by atoms with van der Waals surface area (Å²) in [5, 5.41) is 0. The fourth-order valence-corrected chi connectivity index (χ4v) is 3.04. The van der Waals surface area contributed by atoms with Crippen LogP contribution in [0.25, 0.3) is 0 Å². The van der Waals surface area contributed by atoms with Crippen LogP contribution in [0.15, 0.2) is 23.9 Å². The molecule has 20 heavy (non-hydrogen) atoms. The third-order valence-corrected chi connectivity index (χ3v) is 4.81. The molecule has 0 aromatic carbocycles. The first kappa shape index (κ1) is 17.3. The van der Waals surface area contributed by atoms with Crippen LogP contribution in [0.5, 0.6) is 0 Å². The van der Waals surface area contributed by atoms with Gasteiger partial charge in [0.05, 0.1) is 0 Å². The molecule has 0 aromatic rings. The molecule has 0 aliphatic heterocycles. The molecule has 1 fully saturated rings. The van der Waals surface area contributed by atoms with E-state index in [9.17, 15) is 0 Å². The second kappa shape index (κ2) is 7.33. The normalized spacial score (nSPS) is 24.6. The van der Waals surface area contributed by atoms with Gasteiger partial charge in [-0.1, -0.05) is 45.9 Å². The van der Waals surface area contributed by atoms with Gasteiger partial charge in [0.25, 0.3) is 0 Å². The molecule has 0 spiro atoms. The van der Waals surface area contributed by atoms with Gasteiger partial charge in [-0.05, 0) is 56.8 Å². The van der Waals surface area contributed by atoms with E-state index in [0.29, 0.717) is 11.3 Å². The number of hydrogen-bond donors (Lipinski definition) is 0. The summed E-state index contributed by atoms with van der Waals surface area (Å²) >= 11 is 0. The zero-order valence-corrected chi connectivity index (χ0v) is 14.6. The van der Waals surface area contributed by atoms with Crippen molar-refractivity contribution in [1.29, 1.82) is 0 Å². The Bertz CT molecular complexity index is 349. The SMILES string of the molecule is C=C(C(C)C)N(CCC)CC1CC1(C)CCC=C(C)C. The quantitative estimate of drug-likeness (QED) is 0.493. The van der Waals surface area contributed by atoms with Crippen molar-refractivity contribution >= 4 is 0 Å². The molecule has 1 nitrogen and oxygen atoms in total. The highest BCUT2D eigenvalue weighted by Gasteiger charge is 2.49. The van der Waals surface area contributed by atoms with Crippen LogP contribution in [-0.4, -0.2) is 18.0 Å². The third kappa shape index (κ3) is 5.00. The average Bonchev–Trinajstić information content (AvgIpc) is 2.97.